The number of Topliss-reactive ketones (excluding diaryl/α,β-unsaturated/α-hetero) is 1. The molecule has 0 bridgehead atoms. The van der Waals surface area contributed by atoms with E-state index < -0.39 is 17.7 Å². The Kier molecular flexibility index (Phi) is 7.73. The molecule has 7 nitrogen and oxygen atoms in total. The predicted molar refractivity (Wildman–Crippen MR) is 136 cm³/mol. The largest absolute Gasteiger partial charge is 0.507 e. The highest BCUT2D eigenvalue weighted by Crippen LogP contribution is 2.44. The number of thiazole rings is 1. The molecule has 0 spiro atoms. The Morgan fingerprint density at radius 3 is 2.54 bits per heavy atom. The number of aliphatic hydroxyl groups excluding tert-OH is 1. The Morgan fingerprint density at radius 2 is 1.89 bits per heavy atom. The van der Waals surface area contributed by atoms with Gasteiger partial charge < -0.3 is 14.6 Å². The zero-order chi connectivity index (χ0) is 24.9. The van der Waals surface area contributed by atoms with Crippen LogP contribution in [0, 0.1) is 0 Å². The molecule has 2 aromatic carbocycles. The quantitative estimate of drug-likeness (QED) is 0.164. The summed E-state index contributed by atoms with van der Waals surface area (Å²) in [5.41, 5.74) is 0.928. The summed E-state index contributed by atoms with van der Waals surface area (Å²) < 4.78 is 11.7. The number of ketones is 1. The number of rotatable bonds is 9. The van der Waals surface area contributed by atoms with E-state index in [0.717, 1.165) is 12.8 Å². The molecule has 1 aliphatic heterocycles. The zero-order valence-electron chi connectivity index (χ0n) is 19.4. The van der Waals surface area contributed by atoms with E-state index in [0.29, 0.717) is 46.0 Å². The van der Waals surface area contributed by atoms with E-state index in [1.807, 2.05) is 6.92 Å². The Bertz CT molecular complexity index is 1240. The number of anilines is 1. The summed E-state index contributed by atoms with van der Waals surface area (Å²) in [6.45, 7) is 4.90. The molecular weight excluding hydrogens is 488 g/mol. The lowest BCUT2D eigenvalue weighted by molar-refractivity contribution is -0.132. The van der Waals surface area contributed by atoms with Crippen LogP contribution in [0.25, 0.3) is 5.76 Å². The highest BCUT2D eigenvalue weighted by Gasteiger charge is 2.48. The summed E-state index contributed by atoms with van der Waals surface area (Å²) in [6.07, 6.45) is 3.46. The molecule has 35 heavy (non-hydrogen) atoms. The van der Waals surface area contributed by atoms with Crippen LogP contribution < -0.4 is 14.4 Å². The minimum absolute atomic E-state index is 0.0328. The lowest BCUT2D eigenvalue weighted by Gasteiger charge is -2.24. The number of hydrogen-bond donors (Lipinski definition) is 1. The summed E-state index contributed by atoms with van der Waals surface area (Å²) >= 11 is 7.22. The third kappa shape index (κ3) is 5.04. The SMILES string of the molecule is CCCCOc1ccc(C2/C(=C(\O)c3ccc(Cl)cc3)C(=O)C(=O)N2c2nccs2)cc1OCC. The Morgan fingerprint density at radius 1 is 1.11 bits per heavy atom. The van der Waals surface area contributed by atoms with Crippen LogP contribution in [-0.2, 0) is 9.59 Å². The normalized spacial score (nSPS) is 17.1. The molecule has 1 N–H and O–H groups in total. The number of carbonyl (C=O) groups excluding carboxylic acids is 2. The van der Waals surface area contributed by atoms with Crippen LogP contribution in [-0.4, -0.2) is 35.0 Å². The van der Waals surface area contributed by atoms with Gasteiger partial charge in [0.25, 0.3) is 5.78 Å². The molecule has 1 amide bonds. The molecule has 0 aliphatic carbocycles. The minimum Gasteiger partial charge on any atom is -0.507 e. The molecular formula is C26H25ClN2O5S. The average molecular weight is 513 g/mol. The number of halogens is 1. The monoisotopic (exact) mass is 512 g/mol. The van der Waals surface area contributed by atoms with Gasteiger partial charge in [-0.15, -0.1) is 11.3 Å². The number of aliphatic hydroxyl groups is 1. The molecule has 9 heteroatoms. The van der Waals surface area contributed by atoms with Gasteiger partial charge in [-0.05, 0) is 55.3 Å². The highest BCUT2D eigenvalue weighted by molar-refractivity contribution is 7.14. The van der Waals surface area contributed by atoms with Crippen LogP contribution in [0.15, 0.2) is 59.6 Å². The first-order valence-electron chi connectivity index (χ1n) is 11.3. The molecule has 1 saturated heterocycles. The third-order valence-corrected chi connectivity index (χ3v) is 6.55. The van der Waals surface area contributed by atoms with Crippen LogP contribution in [0.1, 0.15) is 43.9 Å². The van der Waals surface area contributed by atoms with Gasteiger partial charge in [0.05, 0.1) is 24.8 Å². The van der Waals surface area contributed by atoms with Gasteiger partial charge >= 0.3 is 5.91 Å². The number of hydrogen-bond acceptors (Lipinski definition) is 7. The fourth-order valence-electron chi connectivity index (χ4n) is 3.85. The van der Waals surface area contributed by atoms with Gasteiger partial charge in [-0.1, -0.05) is 31.0 Å². The standard InChI is InChI=1S/C26H25ClN2O5S/c1-3-5-13-34-19-11-8-17(15-20(19)33-4-2)22-21(23(30)16-6-9-18(27)10-7-16)24(31)25(32)29(22)26-28-12-14-35-26/h6-12,14-15,22,30H,3-5,13H2,1-2H3/b23-21+. The van der Waals surface area contributed by atoms with Gasteiger partial charge in [0.2, 0.25) is 0 Å². The molecule has 1 fully saturated rings. The van der Waals surface area contributed by atoms with E-state index in [2.05, 4.69) is 11.9 Å². The average Bonchev–Trinajstić information content (AvgIpc) is 3.47. The van der Waals surface area contributed by atoms with Crippen molar-refractivity contribution in [2.45, 2.75) is 32.7 Å². The van der Waals surface area contributed by atoms with Crippen molar-refractivity contribution in [2.75, 3.05) is 18.1 Å². The molecule has 3 aromatic rings. The number of nitrogens with zero attached hydrogens (tertiary/aromatic N) is 2. The zero-order valence-corrected chi connectivity index (χ0v) is 20.9. The molecule has 2 heterocycles. The van der Waals surface area contributed by atoms with Crippen molar-refractivity contribution in [3.8, 4) is 11.5 Å². The van der Waals surface area contributed by atoms with Crippen LogP contribution in [0.5, 0.6) is 11.5 Å². The fraction of sp³-hybridized carbons (Fsp3) is 0.269. The number of amides is 1. The molecule has 1 atom stereocenters. The Hall–Kier alpha value is -3.36. The van der Waals surface area contributed by atoms with E-state index >= 15 is 0 Å². The summed E-state index contributed by atoms with van der Waals surface area (Å²) in [5, 5.41) is 13.7. The van der Waals surface area contributed by atoms with Gasteiger partial charge in [0, 0.05) is 22.2 Å². The smallest absolute Gasteiger partial charge is 0.301 e. The molecule has 0 radical (unpaired) electrons. The number of ether oxygens (including phenoxy) is 2. The summed E-state index contributed by atoms with van der Waals surface area (Å²) in [7, 11) is 0. The van der Waals surface area contributed by atoms with Gasteiger partial charge in [-0.3, -0.25) is 14.5 Å². The van der Waals surface area contributed by atoms with Crippen molar-refractivity contribution >= 4 is 45.5 Å². The fourth-order valence-corrected chi connectivity index (χ4v) is 4.65. The van der Waals surface area contributed by atoms with E-state index in [1.165, 1.54) is 16.2 Å². The van der Waals surface area contributed by atoms with Crippen molar-refractivity contribution in [1.82, 2.24) is 4.98 Å². The van der Waals surface area contributed by atoms with Crippen molar-refractivity contribution in [1.29, 1.82) is 0 Å². The van der Waals surface area contributed by atoms with E-state index in [9.17, 15) is 14.7 Å². The lowest BCUT2D eigenvalue weighted by Crippen LogP contribution is -2.29. The summed E-state index contributed by atoms with van der Waals surface area (Å²) in [6, 6.07) is 10.8. The van der Waals surface area contributed by atoms with Crippen molar-refractivity contribution < 1.29 is 24.2 Å². The first kappa shape index (κ1) is 24.8. The van der Waals surface area contributed by atoms with Gasteiger partial charge in [-0.25, -0.2) is 4.98 Å². The summed E-state index contributed by atoms with van der Waals surface area (Å²) in [5.74, 6) is -0.767. The van der Waals surface area contributed by atoms with Crippen LogP contribution in [0.3, 0.4) is 0 Å². The van der Waals surface area contributed by atoms with Crippen LogP contribution in [0.4, 0.5) is 5.13 Å². The van der Waals surface area contributed by atoms with Crippen molar-refractivity contribution in [3.63, 3.8) is 0 Å². The number of unbranched alkanes of at least 4 members (excludes halogenated alkanes) is 1. The minimum atomic E-state index is -0.902. The summed E-state index contributed by atoms with van der Waals surface area (Å²) in [4.78, 5) is 31.9. The highest BCUT2D eigenvalue weighted by atomic mass is 35.5. The van der Waals surface area contributed by atoms with E-state index in [4.69, 9.17) is 21.1 Å². The van der Waals surface area contributed by atoms with Gasteiger partial charge in [0.15, 0.2) is 16.6 Å². The second-order valence-electron chi connectivity index (χ2n) is 7.83. The maximum atomic E-state index is 13.2. The second kappa shape index (κ2) is 10.9. The molecule has 1 aliphatic rings. The van der Waals surface area contributed by atoms with Crippen molar-refractivity contribution in [3.05, 3.63) is 75.8 Å². The Balaban J connectivity index is 1.86. The van der Waals surface area contributed by atoms with Crippen molar-refractivity contribution in [2.24, 2.45) is 0 Å². The predicted octanol–water partition coefficient (Wildman–Crippen LogP) is 6.00. The number of aromatic nitrogens is 1. The number of benzene rings is 2. The van der Waals surface area contributed by atoms with E-state index in [1.54, 1.807) is 54.0 Å². The van der Waals surface area contributed by atoms with Gasteiger partial charge in [0.1, 0.15) is 5.76 Å². The maximum absolute atomic E-state index is 13.2. The topological polar surface area (TPSA) is 89.0 Å². The Labute approximate surface area is 212 Å². The van der Waals surface area contributed by atoms with Crippen LogP contribution >= 0.6 is 22.9 Å². The first-order valence-corrected chi connectivity index (χ1v) is 12.6. The molecule has 182 valence electrons. The first-order chi connectivity index (χ1) is 17.0. The molecule has 4 rings (SSSR count). The maximum Gasteiger partial charge on any atom is 0.301 e. The molecule has 0 saturated carbocycles. The van der Waals surface area contributed by atoms with E-state index in [-0.39, 0.29) is 11.3 Å². The molecule has 1 unspecified atom stereocenters. The number of carbonyl (C=O) groups is 2. The van der Waals surface area contributed by atoms with Crippen LogP contribution in [0.2, 0.25) is 5.02 Å². The molecule has 1 aromatic heterocycles. The lowest BCUT2D eigenvalue weighted by atomic mass is 9.95. The van der Waals surface area contributed by atoms with Gasteiger partial charge in [-0.2, -0.15) is 0 Å². The third-order valence-electron chi connectivity index (χ3n) is 5.53. The second-order valence-corrected chi connectivity index (χ2v) is 9.14.